The molecule has 27 heavy (non-hydrogen) atoms. The van der Waals surface area contributed by atoms with Crippen LogP contribution in [0.25, 0.3) is 0 Å². The minimum absolute atomic E-state index is 0.188. The van der Waals surface area contributed by atoms with Crippen LogP contribution in [0.15, 0.2) is 48.5 Å². The zero-order chi connectivity index (χ0) is 19.4. The van der Waals surface area contributed by atoms with Crippen LogP contribution < -0.4 is 10.1 Å². The van der Waals surface area contributed by atoms with Crippen molar-refractivity contribution >= 4 is 11.9 Å². The zero-order valence-electron chi connectivity index (χ0n) is 16.1. The van der Waals surface area contributed by atoms with E-state index >= 15 is 0 Å². The van der Waals surface area contributed by atoms with Crippen LogP contribution in [0.2, 0.25) is 0 Å². The summed E-state index contributed by atoms with van der Waals surface area (Å²) in [5.41, 5.74) is 2.25. The van der Waals surface area contributed by atoms with Gasteiger partial charge in [-0.1, -0.05) is 43.3 Å². The zero-order valence-corrected chi connectivity index (χ0v) is 16.1. The van der Waals surface area contributed by atoms with Crippen molar-refractivity contribution in [1.29, 1.82) is 0 Å². The van der Waals surface area contributed by atoms with Gasteiger partial charge < -0.3 is 10.1 Å². The standard InChI is InChI=1S/C22H26N2O3/c1-4-22(18-9-6-5-7-10-18)20(25)24(21(26)23-22)13-8-14-27-19-12-11-16(2)17(3)15-19/h5-7,9-12,15H,4,8,13-14H2,1-3H3,(H,23,26). The maximum absolute atomic E-state index is 13.0. The maximum atomic E-state index is 13.0. The van der Waals surface area contributed by atoms with E-state index in [4.69, 9.17) is 4.74 Å². The number of imide groups is 1. The number of hydrogen-bond acceptors (Lipinski definition) is 3. The predicted molar refractivity (Wildman–Crippen MR) is 105 cm³/mol. The van der Waals surface area contributed by atoms with Crippen LogP contribution in [0, 0.1) is 13.8 Å². The third-order valence-corrected chi connectivity index (χ3v) is 5.25. The Hall–Kier alpha value is -2.82. The second-order valence-corrected chi connectivity index (χ2v) is 6.96. The highest BCUT2D eigenvalue weighted by molar-refractivity contribution is 6.07. The Bertz CT molecular complexity index is 835. The molecule has 0 aliphatic carbocycles. The van der Waals surface area contributed by atoms with Gasteiger partial charge >= 0.3 is 6.03 Å². The maximum Gasteiger partial charge on any atom is 0.325 e. The molecule has 0 radical (unpaired) electrons. The number of rotatable bonds is 7. The van der Waals surface area contributed by atoms with Gasteiger partial charge in [0.05, 0.1) is 6.61 Å². The van der Waals surface area contributed by atoms with Gasteiger partial charge in [0.15, 0.2) is 0 Å². The van der Waals surface area contributed by atoms with Gasteiger partial charge in [-0.25, -0.2) is 4.79 Å². The molecule has 2 aromatic carbocycles. The predicted octanol–water partition coefficient (Wildman–Crippen LogP) is 3.93. The Balaban J connectivity index is 1.61. The average Bonchev–Trinajstić information content (AvgIpc) is 2.93. The first kappa shape index (κ1) is 19.0. The molecule has 1 saturated heterocycles. The molecule has 0 aromatic heterocycles. The highest BCUT2D eigenvalue weighted by Crippen LogP contribution is 2.32. The van der Waals surface area contributed by atoms with E-state index in [0.717, 1.165) is 11.3 Å². The van der Waals surface area contributed by atoms with E-state index in [1.165, 1.54) is 16.0 Å². The van der Waals surface area contributed by atoms with E-state index in [0.29, 0.717) is 26.0 Å². The average molecular weight is 366 g/mol. The molecule has 0 spiro atoms. The van der Waals surface area contributed by atoms with E-state index in [-0.39, 0.29) is 11.9 Å². The van der Waals surface area contributed by atoms with Crippen LogP contribution in [0.5, 0.6) is 5.75 Å². The molecule has 1 fully saturated rings. The van der Waals surface area contributed by atoms with Crippen molar-refractivity contribution in [2.75, 3.05) is 13.2 Å². The number of ether oxygens (including phenoxy) is 1. The van der Waals surface area contributed by atoms with Crippen LogP contribution in [-0.4, -0.2) is 30.0 Å². The van der Waals surface area contributed by atoms with Gasteiger partial charge in [-0.3, -0.25) is 9.69 Å². The molecule has 3 rings (SSSR count). The van der Waals surface area contributed by atoms with Crippen molar-refractivity contribution in [3.05, 3.63) is 65.2 Å². The van der Waals surface area contributed by atoms with Crippen LogP contribution in [0.3, 0.4) is 0 Å². The summed E-state index contributed by atoms with van der Waals surface area (Å²) >= 11 is 0. The Morgan fingerprint density at radius 2 is 1.78 bits per heavy atom. The number of carbonyl (C=O) groups is 2. The van der Waals surface area contributed by atoms with E-state index in [9.17, 15) is 9.59 Å². The van der Waals surface area contributed by atoms with Crippen molar-refractivity contribution in [2.45, 2.75) is 39.2 Å². The van der Waals surface area contributed by atoms with Gasteiger partial charge in [-0.15, -0.1) is 0 Å². The molecular weight excluding hydrogens is 340 g/mol. The van der Waals surface area contributed by atoms with E-state index < -0.39 is 5.54 Å². The minimum Gasteiger partial charge on any atom is -0.494 e. The molecule has 142 valence electrons. The van der Waals surface area contributed by atoms with E-state index in [1.807, 2.05) is 62.4 Å². The van der Waals surface area contributed by atoms with Crippen molar-refractivity contribution in [2.24, 2.45) is 0 Å². The third kappa shape index (κ3) is 3.68. The van der Waals surface area contributed by atoms with E-state index in [2.05, 4.69) is 12.2 Å². The molecule has 0 saturated carbocycles. The lowest BCUT2D eigenvalue weighted by atomic mass is 9.87. The highest BCUT2D eigenvalue weighted by Gasteiger charge is 2.50. The van der Waals surface area contributed by atoms with Crippen molar-refractivity contribution < 1.29 is 14.3 Å². The summed E-state index contributed by atoms with van der Waals surface area (Å²) in [5, 5.41) is 2.90. The van der Waals surface area contributed by atoms with Crippen molar-refractivity contribution in [1.82, 2.24) is 10.2 Å². The van der Waals surface area contributed by atoms with Crippen molar-refractivity contribution in [3.8, 4) is 5.75 Å². The molecule has 1 unspecified atom stereocenters. The second kappa shape index (κ2) is 7.82. The summed E-state index contributed by atoms with van der Waals surface area (Å²) < 4.78 is 5.77. The normalized spacial score (nSPS) is 19.3. The number of amides is 3. The molecule has 5 heteroatoms. The van der Waals surface area contributed by atoms with Crippen LogP contribution in [0.4, 0.5) is 4.79 Å². The quantitative estimate of drug-likeness (QED) is 0.597. The largest absolute Gasteiger partial charge is 0.494 e. The molecule has 3 amide bonds. The number of urea groups is 1. The molecule has 5 nitrogen and oxygen atoms in total. The fourth-order valence-corrected chi connectivity index (χ4v) is 3.41. The first-order valence-electron chi connectivity index (χ1n) is 9.37. The molecule has 1 aliphatic heterocycles. The van der Waals surface area contributed by atoms with Crippen molar-refractivity contribution in [3.63, 3.8) is 0 Å². The number of aryl methyl sites for hydroxylation is 2. The first-order valence-corrected chi connectivity index (χ1v) is 9.37. The molecule has 1 atom stereocenters. The minimum atomic E-state index is -0.965. The Morgan fingerprint density at radius 3 is 2.44 bits per heavy atom. The van der Waals surface area contributed by atoms with Gasteiger partial charge in [0, 0.05) is 6.54 Å². The molecule has 1 aliphatic rings. The number of benzene rings is 2. The highest BCUT2D eigenvalue weighted by atomic mass is 16.5. The smallest absolute Gasteiger partial charge is 0.325 e. The summed E-state index contributed by atoms with van der Waals surface area (Å²) in [4.78, 5) is 26.8. The summed E-state index contributed by atoms with van der Waals surface area (Å²) in [7, 11) is 0. The van der Waals surface area contributed by atoms with Gasteiger partial charge in [-0.05, 0) is 55.5 Å². The number of nitrogens with zero attached hydrogens (tertiary/aromatic N) is 1. The van der Waals surface area contributed by atoms with Crippen LogP contribution >= 0.6 is 0 Å². The van der Waals surface area contributed by atoms with E-state index in [1.54, 1.807) is 0 Å². The summed E-state index contributed by atoms with van der Waals surface area (Å²) in [6.07, 6.45) is 1.10. The molecule has 2 aromatic rings. The fourth-order valence-electron chi connectivity index (χ4n) is 3.41. The summed E-state index contributed by atoms with van der Waals surface area (Å²) in [5.74, 6) is 0.620. The Labute approximate surface area is 160 Å². The third-order valence-electron chi connectivity index (χ3n) is 5.25. The first-order chi connectivity index (χ1) is 13.0. The van der Waals surface area contributed by atoms with Crippen LogP contribution in [-0.2, 0) is 10.3 Å². The number of nitrogens with one attached hydrogen (secondary N) is 1. The SMILES string of the molecule is CCC1(c2ccccc2)NC(=O)N(CCCOc2ccc(C)c(C)c2)C1=O. The summed E-state index contributed by atoms with van der Waals surface area (Å²) in [6.45, 7) is 6.80. The Morgan fingerprint density at radius 1 is 1.04 bits per heavy atom. The second-order valence-electron chi connectivity index (χ2n) is 6.96. The molecule has 1 N–H and O–H groups in total. The van der Waals surface area contributed by atoms with Crippen LogP contribution in [0.1, 0.15) is 36.5 Å². The van der Waals surface area contributed by atoms with Gasteiger partial charge in [0.1, 0.15) is 11.3 Å². The lowest BCUT2D eigenvalue weighted by molar-refractivity contribution is -0.131. The topological polar surface area (TPSA) is 58.6 Å². The Kier molecular flexibility index (Phi) is 5.49. The van der Waals surface area contributed by atoms with Gasteiger partial charge in [0.2, 0.25) is 0 Å². The summed E-state index contributed by atoms with van der Waals surface area (Å²) in [6, 6.07) is 15.1. The van der Waals surface area contributed by atoms with Gasteiger partial charge in [-0.2, -0.15) is 0 Å². The lowest BCUT2D eigenvalue weighted by Gasteiger charge is -2.25. The van der Waals surface area contributed by atoms with Gasteiger partial charge in [0.25, 0.3) is 5.91 Å². The number of hydrogen-bond donors (Lipinski definition) is 1. The monoisotopic (exact) mass is 366 g/mol. The fraction of sp³-hybridized carbons (Fsp3) is 0.364. The number of carbonyl (C=O) groups excluding carboxylic acids is 2. The molecular formula is C22H26N2O3. The molecule has 1 heterocycles. The molecule has 0 bridgehead atoms. The lowest BCUT2D eigenvalue weighted by Crippen LogP contribution is -2.43.